The molecule has 2 heterocycles. The van der Waals surface area contributed by atoms with Gasteiger partial charge in [-0.3, -0.25) is 4.31 Å². The molecule has 0 unspecified atom stereocenters. The zero-order valence-corrected chi connectivity index (χ0v) is 16.9. The van der Waals surface area contributed by atoms with Gasteiger partial charge in [-0.05, 0) is 35.7 Å². The Kier molecular flexibility index (Phi) is 4.86. The molecular weight excluding hydrogens is 400 g/mol. The molecule has 0 aliphatic rings. The minimum atomic E-state index is -3.74. The number of para-hydroxylation sites is 3. The second kappa shape index (κ2) is 7.30. The summed E-state index contributed by atoms with van der Waals surface area (Å²) in [5.74, 6) is 0.499. The number of sulfonamides is 1. The molecule has 0 radical (unpaired) electrons. The Bertz CT molecular complexity index is 1130. The molecule has 0 saturated heterocycles. The lowest BCUT2D eigenvalue weighted by Gasteiger charge is -2.24. The summed E-state index contributed by atoms with van der Waals surface area (Å²) in [5.41, 5.74) is 1.36. The highest BCUT2D eigenvalue weighted by atomic mass is 32.2. The van der Waals surface area contributed by atoms with Gasteiger partial charge in [-0.2, -0.15) is 0 Å². The average Bonchev–Trinajstić information content (AvgIpc) is 3.35. The lowest BCUT2D eigenvalue weighted by molar-refractivity contribution is 0.415. The fourth-order valence-electron chi connectivity index (χ4n) is 2.76. The summed E-state index contributed by atoms with van der Waals surface area (Å²) in [7, 11) is -2.21. The van der Waals surface area contributed by atoms with E-state index >= 15 is 0 Å². The molecule has 4 rings (SSSR count). The average molecular weight is 417 g/mol. The fourth-order valence-corrected chi connectivity index (χ4v) is 6.34. The zero-order valence-electron chi connectivity index (χ0n) is 14.4. The van der Waals surface area contributed by atoms with Crippen LogP contribution in [0.15, 0.2) is 70.3 Å². The Balaban J connectivity index is 1.83. The Labute approximate surface area is 165 Å². The summed E-state index contributed by atoms with van der Waals surface area (Å²) in [6, 6.07) is 18.2. The van der Waals surface area contributed by atoms with Crippen molar-refractivity contribution < 1.29 is 13.2 Å². The fraction of sp³-hybridized carbons (Fsp3) is 0.105. The van der Waals surface area contributed by atoms with E-state index in [2.05, 4.69) is 4.98 Å². The van der Waals surface area contributed by atoms with Crippen LogP contribution in [0.25, 0.3) is 10.2 Å². The quantitative estimate of drug-likeness (QED) is 0.455. The molecule has 0 saturated carbocycles. The maximum Gasteiger partial charge on any atom is 0.274 e. The van der Waals surface area contributed by atoms with Gasteiger partial charge < -0.3 is 4.74 Å². The van der Waals surface area contributed by atoms with Crippen LogP contribution in [0.3, 0.4) is 0 Å². The molecule has 0 spiro atoms. The van der Waals surface area contributed by atoms with E-state index in [4.69, 9.17) is 4.74 Å². The number of aromatic nitrogens is 1. The monoisotopic (exact) mass is 416 g/mol. The molecule has 0 atom stereocenters. The molecule has 2 aromatic carbocycles. The van der Waals surface area contributed by atoms with Crippen LogP contribution in [0.2, 0.25) is 0 Å². The topological polar surface area (TPSA) is 59.5 Å². The number of hydrogen-bond donors (Lipinski definition) is 0. The van der Waals surface area contributed by atoms with E-state index < -0.39 is 10.0 Å². The molecule has 0 aliphatic carbocycles. The number of hydrogen-bond acceptors (Lipinski definition) is 6. The van der Waals surface area contributed by atoms with Crippen molar-refractivity contribution in [2.75, 3.05) is 11.4 Å². The van der Waals surface area contributed by atoms with E-state index in [1.807, 2.05) is 30.3 Å². The third-order valence-corrected chi connectivity index (χ3v) is 8.16. The number of benzene rings is 2. The van der Waals surface area contributed by atoms with Gasteiger partial charge in [-0.1, -0.05) is 30.3 Å². The van der Waals surface area contributed by atoms with E-state index in [0.717, 1.165) is 15.2 Å². The highest BCUT2D eigenvalue weighted by Crippen LogP contribution is 2.35. The summed E-state index contributed by atoms with van der Waals surface area (Å²) in [5, 5.41) is 2.48. The molecule has 0 aliphatic heterocycles. The van der Waals surface area contributed by atoms with E-state index in [0.29, 0.717) is 11.4 Å². The molecule has 0 fully saturated rings. The molecular formula is C19H16N2O3S3. The predicted molar refractivity (Wildman–Crippen MR) is 110 cm³/mol. The molecule has 27 heavy (non-hydrogen) atoms. The van der Waals surface area contributed by atoms with E-state index in [1.54, 1.807) is 35.7 Å². The number of fused-ring (bicyclic) bond motifs is 1. The number of nitrogens with zero attached hydrogens (tertiary/aromatic N) is 2. The van der Waals surface area contributed by atoms with Crippen molar-refractivity contribution >= 4 is 48.6 Å². The van der Waals surface area contributed by atoms with Gasteiger partial charge >= 0.3 is 0 Å². The van der Waals surface area contributed by atoms with E-state index in [1.165, 1.54) is 34.1 Å². The van der Waals surface area contributed by atoms with Gasteiger partial charge in [0.1, 0.15) is 15.0 Å². The Morgan fingerprint density at radius 2 is 1.81 bits per heavy atom. The first-order valence-corrected chi connectivity index (χ1v) is 11.3. The second-order valence-corrected chi connectivity index (χ2v) is 9.84. The Morgan fingerprint density at radius 1 is 1.04 bits per heavy atom. The number of rotatable bonds is 6. The Morgan fingerprint density at radius 3 is 2.56 bits per heavy atom. The van der Waals surface area contributed by atoms with Crippen molar-refractivity contribution in [2.24, 2.45) is 0 Å². The van der Waals surface area contributed by atoms with Gasteiger partial charge in [0.05, 0.1) is 29.6 Å². The first kappa shape index (κ1) is 18.0. The zero-order chi connectivity index (χ0) is 18.9. The summed E-state index contributed by atoms with van der Waals surface area (Å²) < 4.78 is 34.8. The van der Waals surface area contributed by atoms with Crippen LogP contribution >= 0.6 is 22.7 Å². The second-order valence-electron chi connectivity index (χ2n) is 5.69. The van der Waals surface area contributed by atoms with Gasteiger partial charge in [-0.25, -0.2) is 13.4 Å². The van der Waals surface area contributed by atoms with Crippen molar-refractivity contribution in [2.45, 2.75) is 10.8 Å². The molecule has 138 valence electrons. The summed E-state index contributed by atoms with van der Waals surface area (Å²) >= 11 is 2.69. The first-order valence-electron chi connectivity index (χ1n) is 8.13. The number of thiophene rings is 1. The smallest absolute Gasteiger partial charge is 0.274 e. The minimum Gasteiger partial charge on any atom is -0.495 e. The van der Waals surface area contributed by atoms with Crippen LogP contribution in [0.1, 0.15) is 5.01 Å². The van der Waals surface area contributed by atoms with Crippen molar-refractivity contribution in [3.05, 3.63) is 71.1 Å². The summed E-state index contributed by atoms with van der Waals surface area (Å²) in [4.78, 5) is 4.60. The van der Waals surface area contributed by atoms with E-state index in [9.17, 15) is 8.42 Å². The van der Waals surface area contributed by atoms with Crippen LogP contribution in [0, 0.1) is 0 Å². The lowest BCUT2D eigenvalue weighted by atomic mass is 10.3. The van der Waals surface area contributed by atoms with Gasteiger partial charge in [0, 0.05) is 0 Å². The van der Waals surface area contributed by atoms with Crippen LogP contribution in [0.4, 0.5) is 5.69 Å². The number of thiazole rings is 1. The lowest BCUT2D eigenvalue weighted by Crippen LogP contribution is -2.30. The third-order valence-electron chi connectivity index (χ3n) is 4.01. The minimum absolute atomic E-state index is 0.139. The standard InChI is InChI=1S/C19H16N2O3S3/c1-24-16-9-4-3-8-15(16)21(27(22,23)19-11-6-12-25-19)13-18-20-14-7-2-5-10-17(14)26-18/h2-12H,13H2,1H3. The maximum absolute atomic E-state index is 13.3. The van der Waals surface area contributed by atoms with Gasteiger partial charge in [0.2, 0.25) is 0 Å². The first-order chi connectivity index (χ1) is 13.1. The largest absolute Gasteiger partial charge is 0.495 e. The molecule has 0 amide bonds. The van der Waals surface area contributed by atoms with Crippen molar-refractivity contribution in [1.29, 1.82) is 0 Å². The van der Waals surface area contributed by atoms with Crippen LogP contribution < -0.4 is 9.04 Å². The molecule has 4 aromatic rings. The Hall–Kier alpha value is -2.42. The maximum atomic E-state index is 13.3. The highest BCUT2D eigenvalue weighted by molar-refractivity contribution is 7.94. The van der Waals surface area contributed by atoms with Gasteiger partial charge in [-0.15, -0.1) is 22.7 Å². The van der Waals surface area contributed by atoms with E-state index in [-0.39, 0.29) is 10.8 Å². The SMILES string of the molecule is COc1ccccc1N(Cc1nc2ccccc2s1)S(=O)(=O)c1cccs1. The molecule has 5 nitrogen and oxygen atoms in total. The van der Waals surface area contributed by atoms with Crippen molar-refractivity contribution in [3.63, 3.8) is 0 Å². The molecule has 8 heteroatoms. The normalized spacial score (nSPS) is 11.6. The van der Waals surface area contributed by atoms with Gasteiger partial charge in [0.25, 0.3) is 10.0 Å². The van der Waals surface area contributed by atoms with Gasteiger partial charge in [0.15, 0.2) is 0 Å². The molecule has 0 N–H and O–H groups in total. The molecule has 0 bridgehead atoms. The number of anilines is 1. The number of ether oxygens (including phenoxy) is 1. The third kappa shape index (κ3) is 3.43. The van der Waals surface area contributed by atoms with Crippen LogP contribution in [-0.2, 0) is 16.6 Å². The number of methoxy groups -OCH3 is 1. The van der Waals surface area contributed by atoms with Crippen molar-refractivity contribution in [3.8, 4) is 5.75 Å². The predicted octanol–water partition coefficient (Wildman–Crippen LogP) is 4.76. The summed E-state index contributed by atoms with van der Waals surface area (Å²) in [6.45, 7) is 0.139. The van der Waals surface area contributed by atoms with Crippen LogP contribution in [-0.4, -0.2) is 20.5 Å². The van der Waals surface area contributed by atoms with Crippen LogP contribution in [0.5, 0.6) is 5.75 Å². The molecule has 2 aromatic heterocycles. The highest BCUT2D eigenvalue weighted by Gasteiger charge is 2.29. The summed E-state index contributed by atoms with van der Waals surface area (Å²) in [6.07, 6.45) is 0. The van der Waals surface area contributed by atoms with Crippen molar-refractivity contribution in [1.82, 2.24) is 4.98 Å².